The van der Waals surface area contributed by atoms with Gasteiger partial charge in [-0.25, -0.2) is 4.79 Å². The Kier molecular flexibility index (Phi) is 5.01. The van der Waals surface area contributed by atoms with Gasteiger partial charge >= 0.3 is 5.97 Å². The number of phenols is 1. The Bertz CT molecular complexity index is 698. The number of hydrogen-bond acceptors (Lipinski definition) is 4. The second-order valence-electron chi connectivity index (χ2n) is 4.63. The van der Waals surface area contributed by atoms with Crippen LogP contribution in [0.3, 0.4) is 0 Å². The van der Waals surface area contributed by atoms with E-state index in [1.165, 1.54) is 12.1 Å². The fourth-order valence-corrected chi connectivity index (χ4v) is 1.81. The largest absolute Gasteiger partial charge is 0.508 e. The molecule has 0 fully saturated rings. The number of amides is 1. The minimum atomic E-state index is -0.679. The minimum absolute atomic E-state index is 0.0000609. The normalized spacial score (nSPS) is 10.1. The van der Waals surface area contributed by atoms with Crippen LogP contribution in [0, 0.1) is 6.92 Å². The zero-order chi connectivity index (χ0) is 16.1. The van der Waals surface area contributed by atoms with Crippen molar-refractivity contribution < 1.29 is 19.4 Å². The van der Waals surface area contributed by atoms with Crippen molar-refractivity contribution in [2.75, 3.05) is 11.9 Å². The van der Waals surface area contributed by atoms with Gasteiger partial charge < -0.3 is 15.2 Å². The Morgan fingerprint density at radius 3 is 2.50 bits per heavy atom. The summed E-state index contributed by atoms with van der Waals surface area (Å²) in [4.78, 5) is 23.5. The van der Waals surface area contributed by atoms with Gasteiger partial charge in [0.2, 0.25) is 0 Å². The highest BCUT2D eigenvalue weighted by atomic mass is 35.5. The molecule has 0 unspecified atom stereocenters. The topological polar surface area (TPSA) is 75.6 Å². The molecule has 2 N–H and O–H groups in total. The zero-order valence-corrected chi connectivity index (χ0v) is 12.6. The number of anilines is 1. The molecule has 114 valence electrons. The summed E-state index contributed by atoms with van der Waals surface area (Å²) in [6.07, 6.45) is 0. The number of nitrogens with one attached hydrogen (secondary N) is 1. The Hall–Kier alpha value is -2.53. The van der Waals surface area contributed by atoms with Crippen LogP contribution in [0.15, 0.2) is 42.5 Å². The molecule has 0 spiro atoms. The van der Waals surface area contributed by atoms with Crippen LogP contribution in [-0.2, 0) is 9.53 Å². The van der Waals surface area contributed by atoms with Gasteiger partial charge in [0.1, 0.15) is 5.75 Å². The molecule has 0 radical (unpaired) electrons. The second-order valence-corrected chi connectivity index (χ2v) is 5.07. The molecule has 2 aromatic rings. The molecule has 22 heavy (non-hydrogen) atoms. The third kappa shape index (κ3) is 4.23. The number of hydrogen-bond donors (Lipinski definition) is 2. The number of benzene rings is 2. The molecule has 6 heteroatoms. The van der Waals surface area contributed by atoms with E-state index in [-0.39, 0.29) is 11.3 Å². The Morgan fingerprint density at radius 2 is 1.86 bits per heavy atom. The summed E-state index contributed by atoms with van der Waals surface area (Å²) in [5.41, 5.74) is 1.39. The molecule has 0 aliphatic carbocycles. The lowest BCUT2D eigenvalue weighted by atomic mass is 10.1. The van der Waals surface area contributed by atoms with E-state index in [4.69, 9.17) is 16.3 Å². The number of rotatable bonds is 4. The summed E-state index contributed by atoms with van der Waals surface area (Å²) in [5, 5.41) is 12.7. The van der Waals surface area contributed by atoms with E-state index < -0.39 is 18.5 Å². The highest BCUT2D eigenvalue weighted by molar-refractivity contribution is 6.30. The highest BCUT2D eigenvalue weighted by Crippen LogP contribution is 2.18. The zero-order valence-electron chi connectivity index (χ0n) is 11.8. The van der Waals surface area contributed by atoms with Crippen LogP contribution in [0.25, 0.3) is 0 Å². The van der Waals surface area contributed by atoms with Crippen LogP contribution in [-0.4, -0.2) is 23.6 Å². The molecule has 0 saturated heterocycles. The van der Waals surface area contributed by atoms with Crippen molar-refractivity contribution in [3.8, 4) is 5.75 Å². The predicted molar refractivity (Wildman–Crippen MR) is 83.2 cm³/mol. The number of phenolic OH excluding ortho intramolecular Hbond substituents is 1. The smallest absolute Gasteiger partial charge is 0.338 e. The van der Waals surface area contributed by atoms with Crippen molar-refractivity contribution in [2.45, 2.75) is 6.92 Å². The molecule has 1 amide bonds. The third-order valence-corrected chi connectivity index (χ3v) is 3.16. The van der Waals surface area contributed by atoms with Crippen molar-refractivity contribution in [3.63, 3.8) is 0 Å². The van der Waals surface area contributed by atoms with Crippen LogP contribution in [0.5, 0.6) is 5.75 Å². The van der Waals surface area contributed by atoms with Crippen molar-refractivity contribution in [1.29, 1.82) is 0 Å². The molecule has 5 nitrogen and oxygen atoms in total. The van der Waals surface area contributed by atoms with Gasteiger partial charge in [-0.2, -0.15) is 0 Å². The van der Waals surface area contributed by atoms with E-state index in [1.807, 2.05) is 0 Å². The van der Waals surface area contributed by atoms with Crippen molar-refractivity contribution in [1.82, 2.24) is 0 Å². The first-order chi connectivity index (χ1) is 10.5. The van der Waals surface area contributed by atoms with E-state index in [9.17, 15) is 14.7 Å². The summed E-state index contributed by atoms with van der Waals surface area (Å²) in [6.45, 7) is 1.29. The first kappa shape index (κ1) is 15.9. The molecular weight excluding hydrogens is 306 g/mol. The molecule has 2 rings (SSSR count). The average Bonchev–Trinajstić information content (AvgIpc) is 2.50. The van der Waals surface area contributed by atoms with Gasteiger partial charge in [-0.1, -0.05) is 17.7 Å². The molecule has 2 aromatic carbocycles. The first-order valence-corrected chi connectivity index (χ1v) is 6.85. The Morgan fingerprint density at radius 1 is 1.18 bits per heavy atom. The lowest BCUT2D eigenvalue weighted by molar-refractivity contribution is -0.119. The number of carbonyl (C=O) groups is 2. The molecule has 0 heterocycles. The maximum atomic E-state index is 11.8. The summed E-state index contributed by atoms with van der Waals surface area (Å²) in [5.74, 6) is -1.14. The summed E-state index contributed by atoms with van der Waals surface area (Å²) in [7, 11) is 0. The van der Waals surface area contributed by atoms with E-state index in [0.717, 1.165) is 0 Å². The highest BCUT2D eigenvalue weighted by Gasteiger charge is 2.11. The van der Waals surface area contributed by atoms with Gasteiger partial charge in [-0.05, 0) is 48.9 Å². The summed E-state index contributed by atoms with van der Waals surface area (Å²) in [6, 6.07) is 11.0. The van der Waals surface area contributed by atoms with Gasteiger partial charge in [0.15, 0.2) is 6.61 Å². The van der Waals surface area contributed by atoms with Gasteiger partial charge in [0.05, 0.1) is 5.56 Å². The molecule has 0 atom stereocenters. The van der Waals surface area contributed by atoms with Crippen molar-refractivity contribution >= 4 is 29.2 Å². The quantitative estimate of drug-likeness (QED) is 0.849. The van der Waals surface area contributed by atoms with Crippen LogP contribution in [0.4, 0.5) is 5.69 Å². The van der Waals surface area contributed by atoms with Gasteiger partial charge in [0, 0.05) is 10.7 Å². The standard InChI is InChI=1S/C16H14ClNO4/c1-10-2-3-11(8-14(10)19)16(21)22-9-15(20)18-13-6-4-12(17)5-7-13/h2-8,19H,9H2,1H3,(H,18,20). The Labute approximate surface area is 132 Å². The van der Waals surface area contributed by atoms with Gasteiger partial charge in [-0.3, -0.25) is 4.79 Å². The maximum absolute atomic E-state index is 11.8. The lowest BCUT2D eigenvalue weighted by Gasteiger charge is -2.07. The number of aromatic hydroxyl groups is 1. The summed E-state index contributed by atoms with van der Waals surface area (Å²) < 4.78 is 4.89. The molecule has 0 aliphatic heterocycles. The van der Waals surface area contributed by atoms with Crippen LogP contribution < -0.4 is 5.32 Å². The van der Waals surface area contributed by atoms with Crippen molar-refractivity contribution in [2.24, 2.45) is 0 Å². The third-order valence-electron chi connectivity index (χ3n) is 2.91. The Balaban J connectivity index is 1.88. The number of ether oxygens (including phenoxy) is 1. The fourth-order valence-electron chi connectivity index (χ4n) is 1.68. The SMILES string of the molecule is Cc1ccc(C(=O)OCC(=O)Nc2ccc(Cl)cc2)cc1O. The van der Waals surface area contributed by atoms with Crippen LogP contribution in [0.2, 0.25) is 5.02 Å². The molecule has 0 bridgehead atoms. The first-order valence-electron chi connectivity index (χ1n) is 6.48. The number of carbonyl (C=O) groups excluding carboxylic acids is 2. The fraction of sp³-hybridized carbons (Fsp3) is 0.125. The second kappa shape index (κ2) is 6.95. The van der Waals surface area contributed by atoms with E-state index in [2.05, 4.69) is 5.32 Å². The van der Waals surface area contributed by atoms with E-state index >= 15 is 0 Å². The van der Waals surface area contributed by atoms with Gasteiger partial charge in [0.25, 0.3) is 5.91 Å². The average molecular weight is 320 g/mol. The molecule has 0 aliphatic rings. The molecule has 0 aromatic heterocycles. The predicted octanol–water partition coefficient (Wildman–Crippen LogP) is 3.15. The maximum Gasteiger partial charge on any atom is 0.338 e. The molecular formula is C16H14ClNO4. The number of aryl methyl sites for hydroxylation is 1. The minimum Gasteiger partial charge on any atom is -0.508 e. The lowest BCUT2D eigenvalue weighted by Crippen LogP contribution is -2.20. The summed E-state index contributed by atoms with van der Waals surface area (Å²) >= 11 is 5.74. The van der Waals surface area contributed by atoms with Gasteiger partial charge in [-0.15, -0.1) is 0 Å². The van der Waals surface area contributed by atoms with E-state index in [1.54, 1.807) is 37.3 Å². The van der Waals surface area contributed by atoms with Crippen LogP contribution >= 0.6 is 11.6 Å². The van der Waals surface area contributed by atoms with Crippen molar-refractivity contribution in [3.05, 3.63) is 58.6 Å². The number of esters is 1. The van der Waals surface area contributed by atoms with Crippen LogP contribution in [0.1, 0.15) is 15.9 Å². The van der Waals surface area contributed by atoms with E-state index in [0.29, 0.717) is 16.3 Å². The number of halogens is 1. The molecule has 0 saturated carbocycles. The monoisotopic (exact) mass is 319 g/mol.